The van der Waals surface area contributed by atoms with Crippen molar-refractivity contribution in [3.8, 4) is 0 Å². The van der Waals surface area contributed by atoms with Gasteiger partial charge >= 0.3 is 0 Å². The molecule has 0 aromatic rings. The molecule has 0 heterocycles. The number of rotatable bonds is 1. The fourth-order valence-electron chi connectivity index (χ4n) is 0. The number of aliphatic hydroxyl groups is 2. The number of nitrogens with one attached hydrogen (secondary N) is 1. The van der Waals surface area contributed by atoms with Gasteiger partial charge in [0.1, 0.15) is 0 Å². The highest BCUT2D eigenvalue weighted by molar-refractivity contribution is 4.21. The summed E-state index contributed by atoms with van der Waals surface area (Å²) < 4.78 is 0. The van der Waals surface area contributed by atoms with Crippen LogP contribution < -0.4 is 11.1 Å². The molecule has 98 valence electrons. The van der Waals surface area contributed by atoms with Crippen molar-refractivity contribution in [2.75, 3.05) is 20.6 Å². The van der Waals surface area contributed by atoms with Crippen molar-refractivity contribution >= 4 is 0 Å². The molecule has 0 atom stereocenters. The van der Waals surface area contributed by atoms with Gasteiger partial charge in [-0.15, -0.1) is 0 Å². The van der Waals surface area contributed by atoms with Crippen LogP contribution in [0.25, 0.3) is 0 Å². The molecule has 0 radical (unpaired) electrons. The minimum Gasteiger partial charge on any atom is -0.394 e. The lowest BCUT2D eigenvalue weighted by Crippen LogP contribution is -1.93. The molecule has 15 heavy (non-hydrogen) atoms. The molecular formula is C11H32N2O2. The molecule has 0 spiro atoms. The summed E-state index contributed by atoms with van der Waals surface area (Å²) >= 11 is 0. The molecule has 0 rings (SSSR count). The molecule has 0 aliphatic carbocycles. The van der Waals surface area contributed by atoms with Crippen LogP contribution in [0.3, 0.4) is 0 Å². The van der Waals surface area contributed by atoms with Crippen molar-refractivity contribution in [1.82, 2.24) is 5.32 Å². The highest BCUT2D eigenvalue weighted by Gasteiger charge is 1.69. The van der Waals surface area contributed by atoms with E-state index in [0.29, 0.717) is 0 Å². The summed E-state index contributed by atoms with van der Waals surface area (Å²) in [6, 6.07) is 0. The van der Waals surface area contributed by atoms with E-state index < -0.39 is 0 Å². The third-order valence-electron chi connectivity index (χ3n) is 0.289. The molecule has 0 aromatic carbocycles. The maximum absolute atomic E-state index is 8.06. The van der Waals surface area contributed by atoms with Gasteiger partial charge < -0.3 is 21.3 Å². The zero-order valence-corrected chi connectivity index (χ0v) is 11.5. The highest BCUT2D eigenvalue weighted by atomic mass is 16.3. The molecule has 0 bridgehead atoms. The first-order valence-electron chi connectivity index (χ1n) is 5.44. The molecule has 0 fully saturated rings. The van der Waals surface area contributed by atoms with Crippen molar-refractivity contribution < 1.29 is 10.2 Å². The van der Waals surface area contributed by atoms with Crippen LogP contribution in [0.1, 0.15) is 41.0 Å². The van der Waals surface area contributed by atoms with E-state index in [1.807, 2.05) is 14.1 Å². The summed E-state index contributed by atoms with van der Waals surface area (Å²) in [6.07, 6.45) is 0.764. The van der Waals surface area contributed by atoms with Gasteiger partial charge in [0.25, 0.3) is 0 Å². The number of hydrogen-bond acceptors (Lipinski definition) is 4. The first kappa shape index (κ1) is 24.2. The zero-order valence-electron chi connectivity index (χ0n) is 11.5. The first-order chi connectivity index (χ1) is 6.79. The van der Waals surface area contributed by atoms with Crippen LogP contribution in [0.15, 0.2) is 0 Å². The summed E-state index contributed by atoms with van der Waals surface area (Å²) in [7, 11) is 3.75. The monoisotopic (exact) mass is 224 g/mol. The summed E-state index contributed by atoms with van der Waals surface area (Å²) in [5.41, 5.74) is 5.03. The van der Waals surface area contributed by atoms with E-state index in [4.69, 9.17) is 15.9 Å². The second kappa shape index (κ2) is 29.2. The maximum Gasteiger partial charge on any atom is 0.0483 e. The van der Waals surface area contributed by atoms with Crippen LogP contribution in [0.5, 0.6) is 0 Å². The average molecular weight is 224 g/mol. The standard InChI is InChI=1S/C3H9N.2C3H8O.C2H7N/c1-2-3-4;2*1-3(2)4;1-3-2/h2-4H2,1H3;2*3-4H,1-2H3;3H,1-2H3. The lowest BCUT2D eigenvalue weighted by atomic mass is 10.5. The van der Waals surface area contributed by atoms with Crippen molar-refractivity contribution in [2.45, 2.75) is 53.2 Å². The van der Waals surface area contributed by atoms with Gasteiger partial charge in [0.2, 0.25) is 0 Å². The normalized spacial score (nSPS) is 8.00. The number of hydrogen-bond donors (Lipinski definition) is 4. The zero-order chi connectivity index (χ0) is 13.3. The molecule has 0 saturated heterocycles. The Hall–Kier alpha value is -0.160. The predicted molar refractivity (Wildman–Crippen MR) is 69.0 cm³/mol. The SMILES string of the molecule is CC(C)O.CC(C)O.CCCN.CNC. The highest BCUT2D eigenvalue weighted by Crippen LogP contribution is 1.65. The van der Waals surface area contributed by atoms with Gasteiger partial charge in [-0.25, -0.2) is 0 Å². The van der Waals surface area contributed by atoms with Gasteiger partial charge in [0.05, 0.1) is 0 Å². The van der Waals surface area contributed by atoms with Gasteiger partial charge in [-0.1, -0.05) is 6.92 Å². The van der Waals surface area contributed by atoms with Crippen molar-refractivity contribution in [1.29, 1.82) is 0 Å². The fourth-order valence-corrected chi connectivity index (χ4v) is 0. The molecule has 0 aliphatic heterocycles. The number of aliphatic hydroxyl groups excluding tert-OH is 2. The Morgan fingerprint density at radius 3 is 1.07 bits per heavy atom. The summed E-state index contributed by atoms with van der Waals surface area (Å²) in [6.45, 7) is 9.76. The van der Waals surface area contributed by atoms with E-state index >= 15 is 0 Å². The molecule has 5 N–H and O–H groups in total. The average Bonchev–Trinajstić information content (AvgIpc) is 2.03. The largest absolute Gasteiger partial charge is 0.394 e. The van der Waals surface area contributed by atoms with Crippen LogP contribution in [0, 0.1) is 0 Å². The molecule has 0 aromatic heterocycles. The summed E-state index contributed by atoms with van der Waals surface area (Å²) in [4.78, 5) is 0. The van der Waals surface area contributed by atoms with Crippen LogP contribution in [0.2, 0.25) is 0 Å². The van der Waals surface area contributed by atoms with Crippen molar-refractivity contribution in [3.05, 3.63) is 0 Å². The van der Waals surface area contributed by atoms with E-state index in [2.05, 4.69) is 12.2 Å². The first-order valence-corrected chi connectivity index (χ1v) is 5.44. The van der Waals surface area contributed by atoms with Gasteiger partial charge in [0.15, 0.2) is 0 Å². The van der Waals surface area contributed by atoms with E-state index in [0.717, 1.165) is 13.0 Å². The molecule has 4 nitrogen and oxygen atoms in total. The van der Waals surface area contributed by atoms with E-state index in [-0.39, 0.29) is 12.2 Å². The topological polar surface area (TPSA) is 78.5 Å². The molecule has 0 aliphatic rings. The molecule has 0 amide bonds. The number of nitrogens with two attached hydrogens (primary N) is 1. The van der Waals surface area contributed by atoms with Crippen LogP contribution in [0.4, 0.5) is 0 Å². The Balaban J connectivity index is -0.0000000542. The quantitative estimate of drug-likeness (QED) is 0.535. The Morgan fingerprint density at radius 2 is 1.07 bits per heavy atom. The summed E-state index contributed by atoms with van der Waals surface area (Å²) in [5.74, 6) is 0. The second-order valence-electron chi connectivity index (χ2n) is 3.48. The fraction of sp³-hybridized carbons (Fsp3) is 1.00. The Labute approximate surface area is 95.9 Å². The minimum atomic E-state index is -0.167. The van der Waals surface area contributed by atoms with Gasteiger partial charge in [-0.05, 0) is 54.8 Å². The van der Waals surface area contributed by atoms with E-state index in [1.165, 1.54) is 0 Å². The lowest BCUT2D eigenvalue weighted by Gasteiger charge is -1.80. The van der Waals surface area contributed by atoms with Gasteiger partial charge in [0, 0.05) is 12.2 Å². The van der Waals surface area contributed by atoms with Crippen LogP contribution in [-0.4, -0.2) is 43.1 Å². The molecule has 4 heteroatoms. The van der Waals surface area contributed by atoms with Gasteiger partial charge in [-0.2, -0.15) is 0 Å². The Bertz CT molecular complexity index is 56.1. The van der Waals surface area contributed by atoms with Gasteiger partial charge in [-0.3, -0.25) is 0 Å². The maximum atomic E-state index is 8.06. The Morgan fingerprint density at radius 1 is 1.00 bits per heavy atom. The van der Waals surface area contributed by atoms with Crippen LogP contribution in [-0.2, 0) is 0 Å². The van der Waals surface area contributed by atoms with Crippen molar-refractivity contribution in [2.24, 2.45) is 5.73 Å². The Kier molecular flexibility index (Phi) is 47.1. The summed E-state index contributed by atoms with van der Waals surface area (Å²) in [5, 5.41) is 18.9. The van der Waals surface area contributed by atoms with Crippen LogP contribution >= 0.6 is 0 Å². The van der Waals surface area contributed by atoms with Crippen molar-refractivity contribution in [3.63, 3.8) is 0 Å². The lowest BCUT2D eigenvalue weighted by molar-refractivity contribution is 0.215. The second-order valence-corrected chi connectivity index (χ2v) is 3.48. The molecule has 0 saturated carbocycles. The smallest absolute Gasteiger partial charge is 0.0483 e. The van der Waals surface area contributed by atoms with E-state index in [1.54, 1.807) is 27.7 Å². The predicted octanol–water partition coefficient (Wildman–Crippen LogP) is 0.965. The molecule has 0 unspecified atom stereocenters. The third-order valence-corrected chi connectivity index (χ3v) is 0.289. The minimum absolute atomic E-state index is 0.167. The van der Waals surface area contributed by atoms with E-state index in [9.17, 15) is 0 Å². The molecular weight excluding hydrogens is 192 g/mol. The third kappa shape index (κ3) is 2750.